The molecule has 4 rings (SSSR count). The Balaban J connectivity index is 1.39. The number of amides is 1. The summed E-state index contributed by atoms with van der Waals surface area (Å²) in [5.74, 6) is 1.37. The Morgan fingerprint density at radius 3 is 2.35 bits per heavy atom. The largest absolute Gasteiger partial charge is 0.497 e. The molecule has 2 aromatic carbocycles. The molecular formula is C25H33N3O5S. The Hall–Kier alpha value is -2.62. The lowest BCUT2D eigenvalue weighted by molar-refractivity contribution is -0.117. The van der Waals surface area contributed by atoms with Crippen molar-refractivity contribution < 1.29 is 22.7 Å². The van der Waals surface area contributed by atoms with E-state index in [1.807, 2.05) is 18.2 Å². The van der Waals surface area contributed by atoms with Gasteiger partial charge < -0.3 is 14.8 Å². The highest BCUT2D eigenvalue weighted by atomic mass is 32.2. The van der Waals surface area contributed by atoms with Crippen LogP contribution >= 0.6 is 0 Å². The van der Waals surface area contributed by atoms with Crippen LogP contribution in [0, 0.1) is 0 Å². The van der Waals surface area contributed by atoms with Crippen molar-refractivity contribution in [2.24, 2.45) is 0 Å². The third kappa shape index (κ3) is 5.89. The summed E-state index contributed by atoms with van der Waals surface area (Å²) in [4.78, 5) is 15.2. The first-order chi connectivity index (χ1) is 16.4. The van der Waals surface area contributed by atoms with E-state index in [0.29, 0.717) is 31.4 Å². The Labute approximate surface area is 201 Å². The van der Waals surface area contributed by atoms with Gasteiger partial charge in [0.05, 0.1) is 25.7 Å². The summed E-state index contributed by atoms with van der Waals surface area (Å²) >= 11 is 0. The van der Waals surface area contributed by atoms with Gasteiger partial charge in [-0.3, -0.25) is 9.69 Å². The van der Waals surface area contributed by atoms with Crippen LogP contribution in [0.25, 0.3) is 0 Å². The first-order valence-electron chi connectivity index (χ1n) is 11.8. The molecule has 1 saturated carbocycles. The second-order valence-corrected chi connectivity index (χ2v) is 10.8. The van der Waals surface area contributed by atoms with Gasteiger partial charge >= 0.3 is 0 Å². The van der Waals surface area contributed by atoms with Crippen molar-refractivity contribution in [1.82, 2.24) is 9.21 Å². The predicted molar refractivity (Wildman–Crippen MR) is 131 cm³/mol. The van der Waals surface area contributed by atoms with Crippen LogP contribution in [0.15, 0.2) is 47.4 Å². The van der Waals surface area contributed by atoms with Crippen molar-refractivity contribution in [2.45, 2.75) is 49.6 Å². The third-order valence-electron chi connectivity index (χ3n) is 6.36. The molecule has 1 aliphatic carbocycles. The maximum Gasteiger partial charge on any atom is 0.243 e. The quantitative estimate of drug-likeness (QED) is 0.552. The van der Waals surface area contributed by atoms with E-state index in [-0.39, 0.29) is 17.3 Å². The zero-order chi connectivity index (χ0) is 24.1. The number of methoxy groups -OCH3 is 2. The fourth-order valence-electron chi connectivity index (χ4n) is 4.33. The van der Waals surface area contributed by atoms with Crippen LogP contribution in [0.2, 0.25) is 0 Å². The van der Waals surface area contributed by atoms with Crippen molar-refractivity contribution in [3.63, 3.8) is 0 Å². The zero-order valence-electron chi connectivity index (χ0n) is 19.8. The molecule has 8 nitrogen and oxygen atoms in total. The SMILES string of the molecule is COc1ccc(OC)c(CN(CC(=O)Nc2ccc(S(=O)(=O)N3CCCCC3)cc2)C2CC2)c1. The fraction of sp³-hybridized carbons (Fsp3) is 0.480. The average molecular weight is 488 g/mol. The van der Waals surface area contributed by atoms with Gasteiger partial charge in [-0.05, 0) is 68.1 Å². The van der Waals surface area contributed by atoms with Gasteiger partial charge in [0, 0.05) is 36.9 Å². The van der Waals surface area contributed by atoms with Crippen molar-refractivity contribution in [3.8, 4) is 11.5 Å². The number of hydrogen-bond acceptors (Lipinski definition) is 6. The highest BCUT2D eigenvalue weighted by Gasteiger charge is 2.31. The zero-order valence-corrected chi connectivity index (χ0v) is 20.6. The minimum atomic E-state index is -3.49. The van der Waals surface area contributed by atoms with Crippen LogP contribution in [0.5, 0.6) is 11.5 Å². The smallest absolute Gasteiger partial charge is 0.243 e. The molecule has 34 heavy (non-hydrogen) atoms. The number of anilines is 1. The molecule has 1 aliphatic heterocycles. The first kappa shape index (κ1) is 24.5. The molecule has 2 fully saturated rings. The van der Waals surface area contributed by atoms with Gasteiger partial charge in [-0.2, -0.15) is 4.31 Å². The van der Waals surface area contributed by atoms with E-state index in [4.69, 9.17) is 9.47 Å². The van der Waals surface area contributed by atoms with Crippen molar-refractivity contribution >= 4 is 21.6 Å². The van der Waals surface area contributed by atoms with E-state index in [1.165, 1.54) is 0 Å². The number of nitrogens with one attached hydrogen (secondary N) is 1. The highest BCUT2D eigenvalue weighted by Crippen LogP contribution is 2.32. The normalized spacial score (nSPS) is 16.9. The standard InChI is InChI=1S/C25H33N3O5S/c1-32-22-10-13-24(33-2)19(16-22)17-27(21-8-9-21)18-25(29)26-20-6-11-23(12-7-20)34(30,31)28-14-4-3-5-15-28/h6-7,10-13,16,21H,3-5,8-9,14-15,17-18H2,1-2H3,(H,26,29). The van der Waals surface area contributed by atoms with Crippen molar-refractivity contribution in [1.29, 1.82) is 0 Å². The van der Waals surface area contributed by atoms with E-state index >= 15 is 0 Å². The van der Waals surface area contributed by atoms with Gasteiger partial charge in [-0.25, -0.2) is 8.42 Å². The average Bonchev–Trinajstić information content (AvgIpc) is 3.70. The van der Waals surface area contributed by atoms with Crippen LogP contribution in [-0.4, -0.2) is 63.4 Å². The third-order valence-corrected chi connectivity index (χ3v) is 8.27. The van der Waals surface area contributed by atoms with E-state index < -0.39 is 10.0 Å². The predicted octanol–water partition coefficient (Wildman–Crippen LogP) is 3.48. The topological polar surface area (TPSA) is 88.2 Å². The number of ether oxygens (including phenoxy) is 2. The lowest BCUT2D eigenvalue weighted by Crippen LogP contribution is -2.35. The van der Waals surface area contributed by atoms with Gasteiger partial charge in [0.2, 0.25) is 15.9 Å². The molecule has 0 unspecified atom stereocenters. The molecule has 1 N–H and O–H groups in total. The van der Waals surface area contributed by atoms with Crippen molar-refractivity contribution in [2.75, 3.05) is 39.2 Å². The molecule has 1 amide bonds. The molecule has 184 valence electrons. The number of carbonyl (C=O) groups excluding carboxylic acids is 1. The summed E-state index contributed by atoms with van der Waals surface area (Å²) in [7, 11) is -0.227. The molecule has 0 radical (unpaired) electrons. The van der Waals surface area contributed by atoms with E-state index in [0.717, 1.165) is 49.2 Å². The molecule has 2 aliphatic rings. The summed E-state index contributed by atoms with van der Waals surface area (Å²) in [6.45, 7) is 1.94. The molecule has 1 heterocycles. The summed E-state index contributed by atoms with van der Waals surface area (Å²) in [6.07, 6.45) is 4.98. The monoisotopic (exact) mass is 487 g/mol. The lowest BCUT2D eigenvalue weighted by atomic mass is 10.1. The van der Waals surface area contributed by atoms with Gasteiger partial charge in [0.15, 0.2) is 0 Å². The Bertz CT molecular complexity index is 1090. The van der Waals surface area contributed by atoms with Crippen LogP contribution in [0.1, 0.15) is 37.7 Å². The summed E-state index contributed by atoms with van der Waals surface area (Å²) < 4.78 is 38.0. The van der Waals surface area contributed by atoms with Gasteiger partial charge in [0.25, 0.3) is 0 Å². The summed E-state index contributed by atoms with van der Waals surface area (Å²) in [6, 6.07) is 12.5. The minimum Gasteiger partial charge on any atom is -0.497 e. The Morgan fingerprint density at radius 1 is 1.03 bits per heavy atom. The minimum absolute atomic E-state index is 0.139. The number of piperidine rings is 1. The van der Waals surface area contributed by atoms with Crippen LogP contribution < -0.4 is 14.8 Å². The summed E-state index contributed by atoms with van der Waals surface area (Å²) in [5, 5.41) is 2.91. The number of benzene rings is 2. The fourth-order valence-corrected chi connectivity index (χ4v) is 5.84. The molecule has 9 heteroatoms. The van der Waals surface area contributed by atoms with Crippen LogP contribution in [0.3, 0.4) is 0 Å². The number of nitrogens with zero attached hydrogens (tertiary/aromatic N) is 2. The van der Waals surface area contributed by atoms with Crippen LogP contribution in [-0.2, 0) is 21.4 Å². The van der Waals surface area contributed by atoms with Crippen molar-refractivity contribution in [3.05, 3.63) is 48.0 Å². The molecule has 0 aromatic heterocycles. The number of hydrogen-bond donors (Lipinski definition) is 1. The molecular weight excluding hydrogens is 454 g/mol. The molecule has 0 atom stereocenters. The summed E-state index contributed by atoms with van der Waals surface area (Å²) in [5.41, 5.74) is 1.55. The molecule has 2 aromatic rings. The first-order valence-corrected chi connectivity index (χ1v) is 13.2. The number of sulfonamides is 1. The van der Waals surface area contributed by atoms with E-state index in [2.05, 4.69) is 10.2 Å². The highest BCUT2D eigenvalue weighted by molar-refractivity contribution is 7.89. The second kappa shape index (κ2) is 10.8. The lowest BCUT2D eigenvalue weighted by Gasteiger charge is -2.26. The molecule has 0 bridgehead atoms. The maximum absolute atomic E-state index is 12.8. The van der Waals surface area contributed by atoms with E-state index in [1.54, 1.807) is 42.8 Å². The number of carbonyl (C=O) groups is 1. The van der Waals surface area contributed by atoms with Gasteiger partial charge in [-0.1, -0.05) is 6.42 Å². The molecule has 1 saturated heterocycles. The Kier molecular flexibility index (Phi) is 7.75. The van der Waals surface area contributed by atoms with E-state index in [9.17, 15) is 13.2 Å². The number of rotatable bonds is 10. The van der Waals surface area contributed by atoms with Gasteiger partial charge in [-0.15, -0.1) is 0 Å². The van der Waals surface area contributed by atoms with Gasteiger partial charge in [0.1, 0.15) is 11.5 Å². The second-order valence-electron chi connectivity index (χ2n) is 8.85. The van der Waals surface area contributed by atoms with Crippen LogP contribution in [0.4, 0.5) is 5.69 Å². The Morgan fingerprint density at radius 2 is 1.74 bits per heavy atom. The molecule has 0 spiro atoms. The maximum atomic E-state index is 12.8.